The summed E-state index contributed by atoms with van der Waals surface area (Å²) in [6, 6.07) is 0. The Bertz CT molecular complexity index is 427. The van der Waals surface area contributed by atoms with Crippen LogP contribution in [-0.4, -0.2) is 46.3 Å². The molecule has 0 amide bonds. The van der Waals surface area contributed by atoms with E-state index in [2.05, 4.69) is 22.4 Å². The molecule has 2 rings (SSSR count). The predicted octanol–water partition coefficient (Wildman–Crippen LogP) is 1.94. The number of rotatable bonds is 7. The second-order valence-electron chi connectivity index (χ2n) is 4.30. The van der Waals surface area contributed by atoms with Gasteiger partial charge in [0.05, 0.1) is 11.9 Å². The first-order valence-corrected chi connectivity index (χ1v) is 8.02. The number of thioether (sulfide) groups is 1. The number of aromatic nitrogens is 2. The lowest BCUT2D eigenvalue weighted by atomic mass is 10.00. The highest BCUT2D eigenvalue weighted by Gasteiger charge is 2.26. The number of hydrogen-bond acceptors (Lipinski definition) is 7. The lowest BCUT2D eigenvalue weighted by Gasteiger charge is -2.16. The summed E-state index contributed by atoms with van der Waals surface area (Å²) in [5.41, 5.74) is 0. The fourth-order valence-electron chi connectivity index (χ4n) is 2.06. The Kier molecular flexibility index (Phi) is 5.41. The molecule has 106 valence electrons. The van der Waals surface area contributed by atoms with E-state index in [1.807, 2.05) is 0 Å². The van der Waals surface area contributed by atoms with Crippen LogP contribution in [0.3, 0.4) is 0 Å². The molecule has 1 saturated heterocycles. The maximum absolute atomic E-state index is 10.5. The van der Waals surface area contributed by atoms with Gasteiger partial charge in [-0.2, -0.15) is 0 Å². The quantitative estimate of drug-likeness (QED) is 0.745. The average molecular weight is 303 g/mol. The lowest BCUT2D eigenvalue weighted by Crippen LogP contribution is -2.22. The molecule has 6 nitrogen and oxygen atoms in total. The molecule has 2 unspecified atom stereocenters. The van der Waals surface area contributed by atoms with Crippen LogP contribution in [0.4, 0.5) is 5.13 Å². The molecule has 0 bridgehead atoms. The number of aliphatic carboxylic acids is 1. The molecule has 1 aromatic rings. The maximum atomic E-state index is 10.5. The van der Waals surface area contributed by atoms with Gasteiger partial charge in [0.15, 0.2) is 4.34 Å². The Morgan fingerprint density at radius 1 is 1.63 bits per heavy atom. The average Bonchev–Trinajstić information content (AvgIpc) is 3.02. The molecule has 0 aromatic carbocycles. The molecule has 2 heterocycles. The Labute approximate surface area is 120 Å². The van der Waals surface area contributed by atoms with Crippen LogP contribution in [0.2, 0.25) is 0 Å². The highest BCUT2D eigenvalue weighted by molar-refractivity contribution is 8.01. The zero-order chi connectivity index (χ0) is 13.7. The van der Waals surface area contributed by atoms with E-state index in [0.717, 1.165) is 31.1 Å². The molecule has 0 spiro atoms. The van der Waals surface area contributed by atoms with Crippen molar-refractivity contribution in [3.05, 3.63) is 0 Å². The van der Waals surface area contributed by atoms with Gasteiger partial charge in [-0.15, -0.1) is 10.2 Å². The Morgan fingerprint density at radius 3 is 3.21 bits per heavy atom. The smallest absolute Gasteiger partial charge is 0.313 e. The molecular formula is C11H17N3O3S2. The molecule has 0 aliphatic carbocycles. The van der Waals surface area contributed by atoms with Gasteiger partial charge in [0.1, 0.15) is 0 Å². The standard InChI is InChI=1S/C11H17N3O3S2/c1-2-8-7(3-4-17-8)5-12-10-13-14-11(19-10)18-6-9(15)16/h7-8H,2-6H2,1H3,(H,12,13)(H,15,16). The fraction of sp³-hybridized carbons (Fsp3) is 0.727. The van der Waals surface area contributed by atoms with Gasteiger partial charge < -0.3 is 15.2 Å². The topological polar surface area (TPSA) is 84.3 Å². The molecule has 19 heavy (non-hydrogen) atoms. The van der Waals surface area contributed by atoms with E-state index in [9.17, 15) is 4.79 Å². The molecule has 1 aliphatic heterocycles. The summed E-state index contributed by atoms with van der Waals surface area (Å²) < 4.78 is 6.31. The normalized spacial score (nSPS) is 22.6. The van der Waals surface area contributed by atoms with Gasteiger partial charge >= 0.3 is 5.97 Å². The van der Waals surface area contributed by atoms with Gasteiger partial charge in [0, 0.05) is 19.1 Å². The van der Waals surface area contributed by atoms with Crippen molar-refractivity contribution in [1.29, 1.82) is 0 Å². The van der Waals surface area contributed by atoms with Crippen molar-refractivity contribution in [2.45, 2.75) is 30.2 Å². The fourth-order valence-corrected chi connectivity index (χ4v) is 3.54. The minimum Gasteiger partial charge on any atom is -0.481 e. The van der Waals surface area contributed by atoms with Gasteiger partial charge in [-0.25, -0.2) is 0 Å². The first-order valence-electron chi connectivity index (χ1n) is 6.22. The number of carboxylic acid groups (broad SMARTS) is 1. The largest absolute Gasteiger partial charge is 0.481 e. The molecular weight excluding hydrogens is 286 g/mol. The maximum Gasteiger partial charge on any atom is 0.313 e. The third kappa shape index (κ3) is 4.32. The van der Waals surface area contributed by atoms with Crippen LogP contribution in [0, 0.1) is 5.92 Å². The summed E-state index contributed by atoms with van der Waals surface area (Å²) in [7, 11) is 0. The van der Waals surface area contributed by atoms with Crippen molar-refractivity contribution in [1.82, 2.24) is 10.2 Å². The van der Waals surface area contributed by atoms with Crippen LogP contribution in [0.25, 0.3) is 0 Å². The monoisotopic (exact) mass is 303 g/mol. The van der Waals surface area contributed by atoms with Crippen LogP contribution in [0.1, 0.15) is 19.8 Å². The summed E-state index contributed by atoms with van der Waals surface area (Å²) in [6.07, 6.45) is 2.44. The summed E-state index contributed by atoms with van der Waals surface area (Å²) in [5, 5.41) is 20.6. The Hall–Kier alpha value is -0.860. The Balaban J connectivity index is 1.78. The highest BCUT2D eigenvalue weighted by atomic mass is 32.2. The van der Waals surface area contributed by atoms with Gasteiger partial charge in [0.25, 0.3) is 0 Å². The third-order valence-electron chi connectivity index (χ3n) is 2.99. The summed E-state index contributed by atoms with van der Waals surface area (Å²) in [4.78, 5) is 10.5. The van der Waals surface area contributed by atoms with E-state index < -0.39 is 5.97 Å². The van der Waals surface area contributed by atoms with E-state index in [1.54, 1.807) is 0 Å². The van der Waals surface area contributed by atoms with Crippen molar-refractivity contribution in [3.63, 3.8) is 0 Å². The molecule has 1 aromatic heterocycles. The van der Waals surface area contributed by atoms with Gasteiger partial charge in [-0.3, -0.25) is 4.79 Å². The lowest BCUT2D eigenvalue weighted by molar-refractivity contribution is -0.133. The number of carbonyl (C=O) groups is 1. The van der Waals surface area contributed by atoms with E-state index in [-0.39, 0.29) is 5.75 Å². The van der Waals surface area contributed by atoms with E-state index in [1.165, 1.54) is 23.1 Å². The molecule has 2 atom stereocenters. The minimum absolute atomic E-state index is 0.0169. The number of hydrogen-bond donors (Lipinski definition) is 2. The summed E-state index contributed by atoms with van der Waals surface area (Å²) in [5.74, 6) is -0.309. The molecule has 0 radical (unpaired) electrons. The molecule has 2 N–H and O–H groups in total. The number of nitrogens with one attached hydrogen (secondary N) is 1. The van der Waals surface area contributed by atoms with E-state index >= 15 is 0 Å². The van der Waals surface area contributed by atoms with Crippen LogP contribution in [0.15, 0.2) is 4.34 Å². The highest BCUT2D eigenvalue weighted by Crippen LogP contribution is 2.27. The SMILES string of the molecule is CCC1OCCC1CNc1nnc(SCC(=O)O)s1. The van der Waals surface area contributed by atoms with Crippen molar-refractivity contribution >= 4 is 34.2 Å². The van der Waals surface area contributed by atoms with Crippen molar-refractivity contribution in [3.8, 4) is 0 Å². The van der Waals surface area contributed by atoms with E-state index in [4.69, 9.17) is 9.84 Å². The third-order valence-corrected chi connectivity index (χ3v) is 4.99. The van der Waals surface area contributed by atoms with Crippen molar-refractivity contribution in [2.24, 2.45) is 5.92 Å². The second-order valence-corrected chi connectivity index (χ2v) is 6.50. The van der Waals surface area contributed by atoms with Crippen molar-refractivity contribution < 1.29 is 14.6 Å². The second kappa shape index (κ2) is 7.06. The van der Waals surface area contributed by atoms with Crippen LogP contribution < -0.4 is 5.32 Å². The predicted molar refractivity (Wildman–Crippen MR) is 74.9 cm³/mol. The number of carboxylic acids is 1. The number of anilines is 1. The van der Waals surface area contributed by atoms with Crippen LogP contribution >= 0.6 is 23.1 Å². The summed E-state index contributed by atoms with van der Waals surface area (Å²) in [6.45, 7) is 3.80. The Morgan fingerprint density at radius 2 is 2.47 bits per heavy atom. The number of nitrogens with zero attached hydrogens (tertiary/aromatic N) is 2. The van der Waals surface area contributed by atoms with E-state index in [0.29, 0.717) is 16.4 Å². The molecule has 0 saturated carbocycles. The molecule has 1 fully saturated rings. The first-order chi connectivity index (χ1) is 9.19. The van der Waals surface area contributed by atoms with Crippen LogP contribution in [-0.2, 0) is 9.53 Å². The van der Waals surface area contributed by atoms with Gasteiger partial charge in [-0.05, 0) is 12.8 Å². The van der Waals surface area contributed by atoms with Gasteiger partial charge in [0.2, 0.25) is 5.13 Å². The zero-order valence-corrected chi connectivity index (χ0v) is 12.3. The first kappa shape index (κ1) is 14.5. The molecule has 1 aliphatic rings. The summed E-state index contributed by atoms with van der Waals surface area (Å²) >= 11 is 2.59. The number of ether oxygens (including phenoxy) is 1. The van der Waals surface area contributed by atoms with Gasteiger partial charge in [-0.1, -0.05) is 30.0 Å². The zero-order valence-electron chi connectivity index (χ0n) is 10.7. The van der Waals surface area contributed by atoms with Crippen molar-refractivity contribution in [2.75, 3.05) is 24.2 Å². The van der Waals surface area contributed by atoms with Crippen LogP contribution in [0.5, 0.6) is 0 Å². The minimum atomic E-state index is -0.844. The molecule has 8 heteroatoms.